The molecule has 0 fully saturated rings. The van der Waals surface area contributed by atoms with E-state index in [1.54, 1.807) is 21.3 Å². The highest BCUT2D eigenvalue weighted by atomic mass is 16.5. The van der Waals surface area contributed by atoms with Crippen LogP contribution in [0.5, 0.6) is 17.2 Å². The Kier molecular flexibility index (Phi) is 5.71. The van der Waals surface area contributed by atoms with Crippen molar-refractivity contribution >= 4 is 16.7 Å². The Bertz CT molecular complexity index is 1190. The quantitative estimate of drug-likeness (QED) is 0.421. The fourth-order valence-electron chi connectivity index (χ4n) is 4.02. The summed E-state index contributed by atoms with van der Waals surface area (Å²) >= 11 is 0. The molecule has 0 spiro atoms. The molecule has 0 aliphatic heterocycles. The van der Waals surface area contributed by atoms with Gasteiger partial charge in [0, 0.05) is 28.4 Å². The molecule has 1 atom stereocenters. The van der Waals surface area contributed by atoms with Crippen LogP contribution in [0.4, 0.5) is 5.82 Å². The van der Waals surface area contributed by atoms with Gasteiger partial charge < -0.3 is 24.5 Å². The molecule has 2 aromatic heterocycles. The number of pyridine rings is 1. The molecule has 0 bridgehead atoms. The topological polar surface area (TPSA) is 68.4 Å². The fourth-order valence-corrected chi connectivity index (χ4v) is 4.02. The first kappa shape index (κ1) is 20.6. The van der Waals surface area contributed by atoms with Crippen LogP contribution in [0.1, 0.15) is 28.4 Å². The molecule has 2 aromatic carbocycles. The highest BCUT2D eigenvalue weighted by Crippen LogP contribution is 2.43. The van der Waals surface area contributed by atoms with Crippen molar-refractivity contribution in [1.82, 2.24) is 9.97 Å². The minimum atomic E-state index is -0.195. The molecule has 0 amide bonds. The molecule has 2 N–H and O–H groups in total. The zero-order chi connectivity index (χ0) is 22.0. The van der Waals surface area contributed by atoms with Gasteiger partial charge in [0.25, 0.3) is 0 Å². The number of ether oxygens (including phenoxy) is 3. The van der Waals surface area contributed by atoms with Gasteiger partial charge in [0.1, 0.15) is 5.82 Å². The average Bonchev–Trinajstić information content (AvgIpc) is 3.12. The summed E-state index contributed by atoms with van der Waals surface area (Å²) < 4.78 is 16.8. The number of aryl methyl sites for hydroxylation is 2. The Labute approximate surface area is 182 Å². The second-order valence-electron chi connectivity index (χ2n) is 7.46. The number of fused-ring (bicyclic) bond motifs is 1. The van der Waals surface area contributed by atoms with Gasteiger partial charge in [0.15, 0.2) is 11.5 Å². The summed E-state index contributed by atoms with van der Waals surface area (Å²) in [4.78, 5) is 8.04. The molecule has 0 aliphatic carbocycles. The summed E-state index contributed by atoms with van der Waals surface area (Å²) in [5.74, 6) is 2.58. The number of rotatable bonds is 7. The Morgan fingerprint density at radius 2 is 1.61 bits per heavy atom. The monoisotopic (exact) mass is 417 g/mol. The van der Waals surface area contributed by atoms with E-state index in [9.17, 15) is 0 Å². The van der Waals surface area contributed by atoms with Crippen LogP contribution in [-0.4, -0.2) is 31.3 Å². The minimum Gasteiger partial charge on any atom is -0.493 e. The second kappa shape index (κ2) is 8.60. The van der Waals surface area contributed by atoms with E-state index in [1.807, 2.05) is 36.5 Å². The maximum Gasteiger partial charge on any atom is 0.203 e. The molecular formula is C25H27N3O3. The number of nitrogens with one attached hydrogen (secondary N) is 2. The van der Waals surface area contributed by atoms with Crippen molar-refractivity contribution in [1.29, 1.82) is 0 Å². The number of methoxy groups -OCH3 is 3. The number of anilines is 1. The summed E-state index contributed by atoms with van der Waals surface area (Å²) in [6.07, 6.45) is 1.81. The van der Waals surface area contributed by atoms with Gasteiger partial charge >= 0.3 is 0 Å². The molecule has 0 saturated carbocycles. The third-order valence-corrected chi connectivity index (χ3v) is 5.46. The summed E-state index contributed by atoms with van der Waals surface area (Å²) in [6, 6.07) is 16.1. The normalized spacial score (nSPS) is 11.9. The van der Waals surface area contributed by atoms with Gasteiger partial charge in [0.2, 0.25) is 5.75 Å². The number of para-hydroxylation sites is 1. The molecule has 31 heavy (non-hydrogen) atoms. The van der Waals surface area contributed by atoms with Crippen LogP contribution in [0.3, 0.4) is 0 Å². The van der Waals surface area contributed by atoms with E-state index in [0.29, 0.717) is 17.2 Å². The summed E-state index contributed by atoms with van der Waals surface area (Å²) in [5, 5.41) is 4.78. The molecule has 6 heteroatoms. The lowest BCUT2D eigenvalue weighted by molar-refractivity contribution is 0.323. The van der Waals surface area contributed by atoms with Gasteiger partial charge in [-0.05, 0) is 55.3 Å². The predicted octanol–water partition coefficient (Wildman–Crippen LogP) is 5.41. The summed E-state index contributed by atoms with van der Waals surface area (Å²) in [7, 11) is 4.86. The van der Waals surface area contributed by atoms with Crippen molar-refractivity contribution < 1.29 is 14.2 Å². The van der Waals surface area contributed by atoms with E-state index in [4.69, 9.17) is 14.2 Å². The zero-order valence-electron chi connectivity index (χ0n) is 18.4. The van der Waals surface area contributed by atoms with Gasteiger partial charge in [0.05, 0.1) is 27.4 Å². The van der Waals surface area contributed by atoms with Crippen molar-refractivity contribution in [3.63, 3.8) is 0 Å². The lowest BCUT2D eigenvalue weighted by Gasteiger charge is -2.23. The van der Waals surface area contributed by atoms with Gasteiger partial charge in [-0.15, -0.1) is 0 Å². The van der Waals surface area contributed by atoms with Crippen molar-refractivity contribution in [3.05, 3.63) is 77.1 Å². The van der Waals surface area contributed by atoms with Gasteiger partial charge in [-0.2, -0.15) is 0 Å². The predicted molar refractivity (Wildman–Crippen MR) is 124 cm³/mol. The first-order valence-electron chi connectivity index (χ1n) is 10.1. The van der Waals surface area contributed by atoms with Gasteiger partial charge in [-0.3, -0.25) is 0 Å². The number of benzene rings is 2. The zero-order valence-corrected chi connectivity index (χ0v) is 18.4. The third-order valence-electron chi connectivity index (χ3n) is 5.46. The lowest BCUT2D eigenvalue weighted by atomic mass is 9.95. The number of nitrogens with zero attached hydrogens (tertiary/aromatic N) is 1. The van der Waals surface area contributed by atoms with Crippen molar-refractivity contribution in [3.8, 4) is 17.2 Å². The Balaban J connectivity index is 1.94. The SMILES string of the molecule is COc1cc(C(Nc2cc(C)ccn2)c2c(C)[nH]c3ccccc23)cc(OC)c1OC. The van der Waals surface area contributed by atoms with E-state index in [0.717, 1.165) is 39.1 Å². The lowest BCUT2D eigenvalue weighted by Crippen LogP contribution is -2.15. The first-order valence-corrected chi connectivity index (χ1v) is 10.1. The number of aromatic nitrogens is 2. The van der Waals surface area contributed by atoms with Crippen LogP contribution in [0.15, 0.2) is 54.7 Å². The fraction of sp³-hybridized carbons (Fsp3) is 0.240. The highest BCUT2D eigenvalue weighted by Gasteiger charge is 2.25. The van der Waals surface area contributed by atoms with Crippen molar-refractivity contribution in [2.45, 2.75) is 19.9 Å². The highest BCUT2D eigenvalue weighted by molar-refractivity contribution is 5.86. The van der Waals surface area contributed by atoms with Crippen LogP contribution < -0.4 is 19.5 Å². The molecule has 6 nitrogen and oxygen atoms in total. The maximum absolute atomic E-state index is 5.62. The largest absolute Gasteiger partial charge is 0.493 e. The minimum absolute atomic E-state index is 0.195. The van der Waals surface area contributed by atoms with Crippen LogP contribution in [0.25, 0.3) is 10.9 Å². The molecule has 2 heterocycles. The maximum atomic E-state index is 5.62. The molecule has 1 unspecified atom stereocenters. The molecule has 4 aromatic rings. The smallest absolute Gasteiger partial charge is 0.203 e. The summed E-state index contributed by atoms with van der Waals surface area (Å²) in [5.41, 5.74) is 5.43. The van der Waals surface area contributed by atoms with E-state index in [1.165, 1.54) is 0 Å². The van der Waals surface area contributed by atoms with E-state index in [-0.39, 0.29) is 6.04 Å². The van der Waals surface area contributed by atoms with E-state index in [2.05, 4.69) is 47.3 Å². The third kappa shape index (κ3) is 3.89. The molecule has 160 valence electrons. The molecule has 0 aliphatic rings. The standard InChI is InChI=1S/C25H27N3O3/c1-15-10-11-26-22(12-15)28-24(23-16(2)27-19-9-7-6-8-18(19)23)17-13-20(29-3)25(31-5)21(14-17)30-4/h6-14,24,27H,1-5H3,(H,26,28). The van der Waals surface area contributed by atoms with Crippen LogP contribution in [0, 0.1) is 13.8 Å². The van der Waals surface area contributed by atoms with Gasteiger partial charge in [-0.1, -0.05) is 18.2 Å². The molecule has 0 radical (unpaired) electrons. The van der Waals surface area contributed by atoms with Crippen LogP contribution in [-0.2, 0) is 0 Å². The number of aromatic amines is 1. The first-order chi connectivity index (χ1) is 15.0. The summed E-state index contributed by atoms with van der Waals surface area (Å²) in [6.45, 7) is 4.14. The molecule has 4 rings (SSSR count). The number of hydrogen-bond donors (Lipinski definition) is 2. The Morgan fingerprint density at radius 1 is 0.903 bits per heavy atom. The van der Waals surface area contributed by atoms with Crippen molar-refractivity contribution in [2.24, 2.45) is 0 Å². The Hall–Kier alpha value is -3.67. The average molecular weight is 418 g/mol. The molecule has 0 saturated heterocycles. The number of hydrogen-bond acceptors (Lipinski definition) is 5. The van der Waals surface area contributed by atoms with Crippen molar-refractivity contribution in [2.75, 3.05) is 26.6 Å². The second-order valence-corrected chi connectivity index (χ2v) is 7.46. The number of H-pyrrole nitrogens is 1. The van der Waals surface area contributed by atoms with Crippen LogP contribution >= 0.6 is 0 Å². The van der Waals surface area contributed by atoms with Crippen LogP contribution in [0.2, 0.25) is 0 Å². The van der Waals surface area contributed by atoms with E-state index >= 15 is 0 Å². The molecular weight excluding hydrogens is 390 g/mol. The van der Waals surface area contributed by atoms with E-state index < -0.39 is 0 Å². The Morgan fingerprint density at radius 3 is 2.26 bits per heavy atom. The van der Waals surface area contributed by atoms with Gasteiger partial charge in [-0.25, -0.2) is 4.98 Å².